The van der Waals surface area contributed by atoms with E-state index in [1.54, 1.807) is 49.2 Å². The molecule has 0 radical (unpaired) electrons. The van der Waals surface area contributed by atoms with Crippen LogP contribution < -0.4 is 15.4 Å². The summed E-state index contributed by atoms with van der Waals surface area (Å²) in [5, 5.41) is 9.78. The third-order valence-electron chi connectivity index (χ3n) is 5.95. The summed E-state index contributed by atoms with van der Waals surface area (Å²) in [4.78, 5) is 23.9. The van der Waals surface area contributed by atoms with E-state index in [0.29, 0.717) is 22.7 Å². The number of hydrogen-bond acceptors (Lipinski definition) is 7. The Balaban J connectivity index is 1.54. The topological polar surface area (TPSA) is 147 Å². The van der Waals surface area contributed by atoms with Crippen LogP contribution in [0.5, 0.6) is 0 Å². The molecule has 1 aliphatic carbocycles. The first-order valence-electron chi connectivity index (χ1n) is 11.4. The van der Waals surface area contributed by atoms with Gasteiger partial charge in [-0.05, 0) is 31.5 Å². The Morgan fingerprint density at radius 2 is 1.95 bits per heavy atom. The number of anilines is 4. The second-order valence-electron chi connectivity index (χ2n) is 8.88. The number of pyridine rings is 1. The van der Waals surface area contributed by atoms with Crippen LogP contribution >= 0.6 is 0 Å². The highest BCUT2D eigenvalue weighted by Gasteiger charge is 2.61. The third-order valence-corrected chi connectivity index (χ3v) is 7.24. The summed E-state index contributed by atoms with van der Waals surface area (Å²) in [6.07, 6.45) is 2.97. The van der Waals surface area contributed by atoms with E-state index in [2.05, 4.69) is 35.4 Å². The van der Waals surface area contributed by atoms with E-state index in [0.717, 1.165) is 11.1 Å². The zero-order valence-corrected chi connectivity index (χ0v) is 20.9. The molecule has 14 heteroatoms. The molecule has 4 N–H and O–H groups in total. The number of sulfonamides is 1. The van der Waals surface area contributed by atoms with Gasteiger partial charge in [0.05, 0.1) is 29.0 Å². The summed E-state index contributed by atoms with van der Waals surface area (Å²) < 4.78 is 55.9. The molecular formula is C23H24F2N8O3S. The van der Waals surface area contributed by atoms with Crippen molar-refractivity contribution in [3.05, 3.63) is 42.5 Å². The number of aryl methyl sites for hydroxylation is 2. The molecule has 3 aromatic heterocycles. The summed E-state index contributed by atoms with van der Waals surface area (Å²) >= 11 is 0. The van der Waals surface area contributed by atoms with Crippen molar-refractivity contribution >= 4 is 50.0 Å². The van der Waals surface area contributed by atoms with Gasteiger partial charge < -0.3 is 15.6 Å². The van der Waals surface area contributed by atoms with Crippen molar-refractivity contribution in [2.24, 2.45) is 13.0 Å². The number of halogens is 2. The van der Waals surface area contributed by atoms with E-state index in [1.165, 1.54) is 13.0 Å². The fourth-order valence-corrected chi connectivity index (χ4v) is 4.50. The molecule has 1 amide bonds. The number of amides is 1. The first kappa shape index (κ1) is 24.6. The second-order valence-corrected chi connectivity index (χ2v) is 10.9. The van der Waals surface area contributed by atoms with E-state index in [4.69, 9.17) is 0 Å². The van der Waals surface area contributed by atoms with E-state index in [-0.39, 0.29) is 22.9 Å². The Morgan fingerprint density at radius 3 is 2.59 bits per heavy atom. The molecule has 0 spiro atoms. The lowest BCUT2D eigenvalue weighted by Gasteiger charge is -2.16. The van der Waals surface area contributed by atoms with E-state index in [9.17, 15) is 22.0 Å². The number of nitrogens with one attached hydrogen (secondary N) is 4. The maximum absolute atomic E-state index is 13.4. The highest BCUT2D eigenvalue weighted by atomic mass is 32.2. The number of aromatic nitrogens is 5. The largest absolute Gasteiger partial charge is 0.352 e. The number of imidazole rings is 1. The summed E-state index contributed by atoms with van der Waals surface area (Å²) in [7, 11) is -1.85. The van der Waals surface area contributed by atoms with Crippen LogP contribution in [0.15, 0.2) is 36.7 Å². The van der Waals surface area contributed by atoms with Gasteiger partial charge in [-0.25, -0.2) is 27.2 Å². The van der Waals surface area contributed by atoms with Crippen molar-refractivity contribution in [1.29, 1.82) is 0 Å². The highest BCUT2D eigenvalue weighted by molar-refractivity contribution is 7.92. The Labute approximate surface area is 210 Å². The molecule has 1 aromatic carbocycles. The van der Waals surface area contributed by atoms with Gasteiger partial charge in [-0.3, -0.25) is 14.2 Å². The standard InChI is InChI=1S/C23H24F2N8O3S/c1-4-37(35,36)32-17-7-13(14-10-26-33(3)11-14)5-6-16(17)29-18-8-19(30-21-20(18)27-12(2)28-21)31-22(34)15-9-23(15,24)25/h5-8,10-11,15,32H,4,9H2,1-3H3,(H3,27,28,29,30,31,34)/t15-/m0/s1. The molecule has 1 saturated carbocycles. The van der Waals surface area contributed by atoms with Gasteiger partial charge in [-0.15, -0.1) is 0 Å². The molecule has 0 bridgehead atoms. The molecule has 1 fully saturated rings. The summed E-state index contributed by atoms with van der Waals surface area (Å²) in [6, 6.07) is 6.67. The minimum absolute atomic E-state index is 0.0388. The molecule has 1 aliphatic rings. The van der Waals surface area contributed by atoms with Crippen molar-refractivity contribution in [2.75, 3.05) is 21.1 Å². The number of benzene rings is 1. The molecule has 1 atom stereocenters. The number of fused-ring (bicyclic) bond motifs is 1. The van der Waals surface area contributed by atoms with E-state index >= 15 is 0 Å². The SMILES string of the molecule is CCS(=O)(=O)Nc1cc(-c2cnn(C)c2)ccc1Nc1cc(NC(=O)[C@@H]2CC2(F)F)nc2nc(C)[nH]c12. The molecule has 194 valence electrons. The molecule has 0 aliphatic heterocycles. The average Bonchev–Trinajstić information content (AvgIpc) is 3.11. The van der Waals surface area contributed by atoms with Crippen LogP contribution in [0, 0.1) is 12.8 Å². The predicted octanol–water partition coefficient (Wildman–Crippen LogP) is 3.77. The molecule has 4 aromatic rings. The average molecular weight is 531 g/mol. The Hall–Kier alpha value is -4.07. The van der Waals surface area contributed by atoms with Gasteiger partial charge in [0.15, 0.2) is 5.65 Å². The number of hydrogen-bond donors (Lipinski definition) is 4. The molecule has 37 heavy (non-hydrogen) atoms. The number of rotatable bonds is 8. The second kappa shape index (κ2) is 8.80. The molecule has 3 heterocycles. The molecule has 11 nitrogen and oxygen atoms in total. The summed E-state index contributed by atoms with van der Waals surface area (Å²) in [6.45, 7) is 3.25. The van der Waals surface area contributed by atoms with Crippen molar-refractivity contribution in [2.45, 2.75) is 26.2 Å². The molecular weight excluding hydrogens is 506 g/mol. The lowest BCUT2D eigenvalue weighted by molar-refractivity contribution is -0.119. The van der Waals surface area contributed by atoms with E-state index < -0.39 is 34.2 Å². The molecule has 5 rings (SSSR count). The van der Waals surface area contributed by atoms with Crippen molar-refractivity contribution in [1.82, 2.24) is 24.7 Å². The zero-order valence-electron chi connectivity index (χ0n) is 20.1. The van der Waals surface area contributed by atoms with Crippen molar-refractivity contribution < 1.29 is 22.0 Å². The fraction of sp³-hybridized carbons (Fsp3) is 0.304. The van der Waals surface area contributed by atoms with Crippen LogP contribution in [0.2, 0.25) is 0 Å². The highest BCUT2D eigenvalue weighted by Crippen LogP contribution is 2.49. The minimum atomic E-state index is -3.63. The van der Waals surface area contributed by atoms with Gasteiger partial charge in [0, 0.05) is 31.3 Å². The lowest BCUT2D eigenvalue weighted by atomic mass is 10.1. The summed E-state index contributed by atoms with van der Waals surface area (Å²) in [5.74, 6) is -4.78. The first-order valence-corrected chi connectivity index (χ1v) is 13.1. The number of nitrogens with zero attached hydrogens (tertiary/aromatic N) is 4. The van der Waals surface area contributed by atoms with Crippen LogP contribution in [-0.2, 0) is 21.9 Å². The fourth-order valence-electron chi connectivity index (χ4n) is 3.85. The molecule has 0 unspecified atom stereocenters. The first-order chi connectivity index (χ1) is 17.4. The number of aromatic amines is 1. The monoisotopic (exact) mass is 530 g/mol. The third kappa shape index (κ3) is 5.09. The Bertz CT molecular complexity index is 1630. The number of carbonyl (C=O) groups is 1. The number of carbonyl (C=O) groups excluding carboxylic acids is 1. The van der Waals surface area contributed by atoms with Gasteiger partial charge in [-0.1, -0.05) is 6.07 Å². The van der Waals surface area contributed by atoms with Gasteiger partial charge in [-0.2, -0.15) is 5.10 Å². The minimum Gasteiger partial charge on any atom is -0.352 e. The van der Waals surface area contributed by atoms with Gasteiger partial charge in [0.25, 0.3) is 5.92 Å². The van der Waals surface area contributed by atoms with Gasteiger partial charge in [0.2, 0.25) is 15.9 Å². The number of H-pyrrole nitrogens is 1. The Kier molecular flexibility index (Phi) is 5.85. The lowest BCUT2D eigenvalue weighted by Crippen LogP contribution is -2.18. The van der Waals surface area contributed by atoms with Crippen LogP contribution in [0.4, 0.5) is 31.7 Å². The normalized spacial score (nSPS) is 16.5. The smallest absolute Gasteiger partial charge is 0.260 e. The van der Waals surface area contributed by atoms with Crippen LogP contribution in [0.3, 0.4) is 0 Å². The van der Waals surface area contributed by atoms with E-state index in [1.807, 2.05) is 0 Å². The van der Waals surface area contributed by atoms with Crippen LogP contribution in [0.25, 0.3) is 22.3 Å². The summed E-state index contributed by atoms with van der Waals surface area (Å²) in [5.41, 5.74) is 3.39. The van der Waals surface area contributed by atoms with Crippen molar-refractivity contribution in [3.63, 3.8) is 0 Å². The van der Waals surface area contributed by atoms with Crippen LogP contribution in [-0.4, -0.2) is 50.7 Å². The number of alkyl halides is 2. The van der Waals surface area contributed by atoms with Gasteiger partial charge >= 0.3 is 0 Å². The maximum atomic E-state index is 13.4. The zero-order chi connectivity index (χ0) is 26.5. The van der Waals surface area contributed by atoms with Crippen LogP contribution in [0.1, 0.15) is 19.2 Å². The predicted molar refractivity (Wildman–Crippen MR) is 135 cm³/mol. The quantitative estimate of drug-likeness (QED) is 0.271. The molecule has 0 saturated heterocycles. The Morgan fingerprint density at radius 1 is 1.19 bits per heavy atom. The van der Waals surface area contributed by atoms with Gasteiger partial charge in [0.1, 0.15) is 23.1 Å². The maximum Gasteiger partial charge on any atom is 0.260 e. The van der Waals surface area contributed by atoms with Crippen molar-refractivity contribution in [3.8, 4) is 11.1 Å².